The zero-order valence-corrected chi connectivity index (χ0v) is 29.7. The number of fused-ring (bicyclic) bond motifs is 7. The quantitative estimate of drug-likeness (QED) is 0.324. The van der Waals surface area contributed by atoms with Crippen LogP contribution in [0.5, 0.6) is 0 Å². The minimum atomic E-state index is -0.521. The third-order valence-electron chi connectivity index (χ3n) is 14.1. The highest BCUT2D eigenvalue weighted by Crippen LogP contribution is 2.71. The highest BCUT2D eigenvalue weighted by Gasteiger charge is 2.64. The number of allylic oxidation sites excluding steroid dienone is 8. The van der Waals surface area contributed by atoms with Gasteiger partial charge in [0.1, 0.15) is 6.07 Å². The molecule has 6 aliphatic carbocycles. The van der Waals surface area contributed by atoms with Gasteiger partial charge in [0, 0.05) is 10.8 Å². The van der Waals surface area contributed by atoms with Gasteiger partial charge in [-0.1, -0.05) is 89.6 Å². The molecule has 0 spiro atoms. The van der Waals surface area contributed by atoms with Crippen LogP contribution in [0.3, 0.4) is 0 Å². The zero-order chi connectivity index (χ0) is 32.8. The number of nitrogens with zero attached hydrogens (tertiary/aromatic N) is 1. The van der Waals surface area contributed by atoms with E-state index in [4.69, 9.17) is 6.58 Å². The van der Waals surface area contributed by atoms with Gasteiger partial charge in [-0.3, -0.25) is 4.79 Å². The number of hydrogen-bond donors (Lipinski definition) is 1. The van der Waals surface area contributed by atoms with Gasteiger partial charge < -0.3 is 5.32 Å². The number of ketones is 1. The van der Waals surface area contributed by atoms with E-state index < -0.39 is 5.41 Å². The molecule has 0 radical (unpaired) electrons. The van der Waals surface area contributed by atoms with E-state index in [9.17, 15) is 10.1 Å². The molecule has 6 aliphatic rings. The lowest BCUT2D eigenvalue weighted by atomic mass is 9.38. The van der Waals surface area contributed by atoms with E-state index in [1.807, 2.05) is 6.08 Å². The molecular formula is C42H62N2O. The van der Waals surface area contributed by atoms with Gasteiger partial charge in [0.2, 0.25) is 0 Å². The van der Waals surface area contributed by atoms with Crippen LogP contribution >= 0.6 is 0 Å². The molecule has 8 unspecified atom stereocenters. The summed E-state index contributed by atoms with van der Waals surface area (Å²) >= 11 is 0. The topological polar surface area (TPSA) is 52.9 Å². The average molecular weight is 611 g/mol. The molecule has 0 aromatic rings. The molecule has 45 heavy (non-hydrogen) atoms. The van der Waals surface area contributed by atoms with E-state index in [-0.39, 0.29) is 27.9 Å². The Labute approximate surface area is 275 Å². The van der Waals surface area contributed by atoms with Gasteiger partial charge in [0.05, 0.1) is 5.57 Å². The normalized spacial score (nSPS) is 42.2. The maximum absolute atomic E-state index is 13.2. The van der Waals surface area contributed by atoms with Crippen LogP contribution in [-0.2, 0) is 4.79 Å². The zero-order valence-electron chi connectivity index (χ0n) is 29.7. The van der Waals surface area contributed by atoms with Crippen molar-refractivity contribution in [3.8, 4) is 6.07 Å². The molecule has 0 aromatic heterocycles. The van der Waals surface area contributed by atoms with Crippen LogP contribution in [0.15, 0.2) is 60.3 Å². The van der Waals surface area contributed by atoms with E-state index in [1.54, 1.807) is 0 Å². The molecule has 1 N–H and O–H groups in total. The molecular weight excluding hydrogens is 548 g/mol. The van der Waals surface area contributed by atoms with Gasteiger partial charge in [-0.2, -0.15) is 5.26 Å². The van der Waals surface area contributed by atoms with Gasteiger partial charge in [0.25, 0.3) is 0 Å². The summed E-state index contributed by atoms with van der Waals surface area (Å²) in [7, 11) is 2.05. The largest absolute Gasteiger partial charge is 0.319 e. The minimum absolute atomic E-state index is 0.0204. The van der Waals surface area contributed by atoms with Gasteiger partial charge in [-0.25, -0.2) is 0 Å². The first-order chi connectivity index (χ1) is 21.2. The second-order valence-electron chi connectivity index (χ2n) is 17.6. The summed E-state index contributed by atoms with van der Waals surface area (Å²) < 4.78 is 0. The summed E-state index contributed by atoms with van der Waals surface area (Å²) in [5, 5.41) is 13.1. The monoisotopic (exact) mass is 610 g/mol. The number of hydrogen-bond acceptors (Lipinski definition) is 3. The Kier molecular flexibility index (Phi) is 9.45. The SMILES string of the molecule is C=CC12CCC3C(C(=C)C=C4C5(C)C=C(C#N)C(=O)C(C)(C)C5CCC43C)C1CC(C)(C)CC2.CNCC1CC/C=C\CCC1. The first kappa shape index (κ1) is 34.2. The summed E-state index contributed by atoms with van der Waals surface area (Å²) in [5.74, 6) is 2.84. The average Bonchev–Trinajstić information content (AvgIpc) is 2.97. The lowest BCUT2D eigenvalue weighted by Gasteiger charge is -2.66. The molecule has 3 saturated carbocycles. The second kappa shape index (κ2) is 12.4. The van der Waals surface area contributed by atoms with Crippen molar-refractivity contribution in [1.82, 2.24) is 5.32 Å². The van der Waals surface area contributed by atoms with Gasteiger partial charge in [-0.15, -0.1) is 6.58 Å². The Hall–Kier alpha value is -2.18. The standard InChI is InChI=1S/C32H43NO.C10H19N/c1-9-32-13-10-22-26(23(32)18-28(3,4)14-15-32)20(2)16-25-30(22,7)12-11-24-29(5,6)27(34)21(19-33)17-31(24,25)8;1-11-9-10-7-5-3-2-4-6-8-10/h9,16-17,22-24,26H,1-2,10-15,18H2,3-8H3;2-3,10-11H,4-9H2,1H3/b;3-2-. The predicted molar refractivity (Wildman–Crippen MR) is 188 cm³/mol. The first-order valence-corrected chi connectivity index (χ1v) is 18.2. The highest BCUT2D eigenvalue weighted by atomic mass is 16.1. The van der Waals surface area contributed by atoms with Crippen LogP contribution in [-0.4, -0.2) is 19.4 Å². The van der Waals surface area contributed by atoms with Crippen LogP contribution in [0.1, 0.15) is 119 Å². The van der Waals surface area contributed by atoms with Crippen molar-refractivity contribution in [3.63, 3.8) is 0 Å². The molecule has 3 heteroatoms. The van der Waals surface area contributed by atoms with Crippen molar-refractivity contribution in [2.24, 2.45) is 56.7 Å². The maximum atomic E-state index is 13.2. The highest BCUT2D eigenvalue weighted by molar-refractivity contribution is 6.04. The summed E-state index contributed by atoms with van der Waals surface area (Å²) in [6.45, 7) is 24.1. The number of carbonyl (C=O) groups excluding carboxylic acids is 1. The smallest absolute Gasteiger partial charge is 0.178 e. The van der Waals surface area contributed by atoms with E-state index >= 15 is 0 Å². The van der Waals surface area contributed by atoms with Crippen molar-refractivity contribution < 1.29 is 4.79 Å². The van der Waals surface area contributed by atoms with E-state index in [1.165, 1.54) is 81.9 Å². The van der Waals surface area contributed by atoms with Crippen LogP contribution in [0.25, 0.3) is 0 Å². The molecule has 0 aromatic carbocycles. The Morgan fingerprint density at radius 2 is 1.71 bits per heavy atom. The Bertz CT molecular complexity index is 1320. The molecule has 3 fully saturated rings. The fraction of sp³-hybridized carbons (Fsp3) is 0.714. The molecule has 0 amide bonds. The molecule has 0 aliphatic heterocycles. The molecule has 3 nitrogen and oxygen atoms in total. The van der Waals surface area contributed by atoms with Gasteiger partial charge in [0.15, 0.2) is 5.78 Å². The molecule has 8 atom stereocenters. The summed E-state index contributed by atoms with van der Waals surface area (Å²) in [4.78, 5) is 13.2. The molecule has 0 bridgehead atoms. The van der Waals surface area contributed by atoms with Crippen LogP contribution < -0.4 is 5.32 Å². The van der Waals surface area contributed by atoms with Crippen molar-refractivity contribution >= 4 is 5.78 Å². The van der Waals surface area contributed by atoms with Crippen molar-refractivity contribution in [2.45, 2.75) is 119 Å². The molecule has 6 rings (SSSR count). The fourth-order valence-electron chi connectivity index (χ4n) is 11.6. The second-order valence-corrected chi connectivity index (χ2v) is 17.6. The third kappa shape index (κ3) is 5.81. The van der Waals surface area contributed by atoms with Gasteiger partial charge >= 0.3 is 0 Å². The lowest BCUT2D eigenvalue weighted by Crippen LogP contribution is -2.59. The number of Topliss-reactive ketones (excluding diaryl/α,β-unsaturated/α-hetero) is 1. The van der Waals surface area contributed by atoms with Crippen LogP contribution in [0, 0.1) is 68.0 Å². The fourth-order valence-corrected chi connectivity index (χ4v) is 11.6. The van der Waals surface area contributed by atoms with Crippen molar-refractivity contribution in [2.75, 3.05) is 13.6 Å². The molecule has 246 valence electrons. The summed E-state index contributed by atoms with van der Waals surface area (Å²) in [6, 6.07) is 2.25. The lowest BCUT2D eigenvalue weighted by molar-refractivity contribution is -0.132. The minimum Gasteiger partial charge on any atom is -0.319 e. The Balaban J connectivity index is 0.000000309. The van der Waals surface area contributed by atoms with E-state index in [0.717, 1.165) is 18.8 Å². The number of nitrogens with one attached hydrogen (secondary N) is 1. The predicted octanol–water partition coefficient (Wildman–Crippen LogP) is 10.3. The molecule has 0 saturated heterocycles. The summed E-state index contributed by atoms with van der Waals surface area (Å²) in [5.41, 5.74) is 2.98. The molecule has 0 heterocycles. The summed E-state index contributed by atoms with van der Waals surface area (Å²) in [6.07, 6.45) is 26.6. The number of rotatable bonds is 3. The van der Waals surface area contributed by atoms with Crippen LogP contribution in [0.2, 0.25) is 0 Å². The van der Waals surface area contributed by atoms with E-state index in [0.29, 0.717) is 28.7 Å². The van der Waals surface area contributed by atoms with E-state index in [2.05, 4.69) is 90.9 Å². The van der Waals surface area contributed by atoms with Gasteiger partial charge in [-0.05, 0) is 136 Å². The van der Waals surface area contributed by atoms with Crippen LogP contribution in [0.4, 0.5) is 0 Å². The Morgan fingerprint density at radius 1 is 0.978 bits per heavy atom. The first-order valence-electron chi connectivity index (χ1n) is 18.2. The Morgan fingerprint density at radius 3 is 2.40 bits per heavy atom. The number of nitriles is 1. The van der Waals surface area contributed by atoms with Crippen molar-refractivity contribution in [3.05, 3.63) is 60.3 Å². The maximum Gasteiger partial charge on any atom is 0.178 e. The third-order valence-corrected chi connectivity index (χ3v) is 14.1. The number of carbonyl (C=O) groups is 1. The van der Waals surface area contributed by atoms with Crippen molar-refractivity contribution in [1.29, 1.82) is 5.26 Å².